The van der Waals surface area contributed by atoms with E-state index in [1.54, 1.807) is 58.9 Å². The van der Waals surface area contributed by atoms with Crippen LogP contribution in [0.15, 0.2) is 48.8 Å². The first-order valence-corrected chi connectivity index (χ1v) is 15.4. The van der Waals surface area contributed by atoms with Gasteiger partial charge < -0.3 is 29.8 Å². The van der Waals surface area contributed by atoms with Gasteiger partial charge in [-0.25, -0.2) is 14.3 Å². The summed E-state index contributed by atoms with van der Waals surface area (Å²) < 4.78 is 22.9. The zero-order chi connectivity index (χ0) is 35.2. The Hall–Kier alpha value is -4.91. The Morgan fingerprint density at radius 2 is 1.83 bits per heavy atom. The zero-order valence-electron chi connectivity index (χ0n) is 27.4. The van der Waals surface area contributed by atoms with Crippen LogP contribution in [-0.2, 0) is 45.4 Å². The van der Waals surface area contributed by atoms with E-state index in [4.69, 9.17) is 24.7 Å². The molecule has 1 aromatic carbocycles. The van der Waals surface area contributed by atoms with Crippen LogP contribution in [0.1, 0.15) is 52.3 Å². The van der Waals surface area contributed by atoms with Crippen molar-refractivity contribution in [2.45, 2.75) is 71.3 Å². The summed E-state index contributed by atoms with van der Waals surface area (Å²) >= 11 is 0. The van der Waals surface area contributed by atoms with Crippen LogP contribution in [-0.4, -0.2) is 75.2 Å². The molecule has 3 aromatic rings. The van der Waals surface area contributed by atoms with E-state index in [1.165, 1.54) is 16.6 Å². The molecule has 4 N–H and O–H groups in total. The van der Waals surface area contributed by atoms with E-state index in [0.717, 1.165) is 11.9 Å². The highest BCUT2D eigenvalue weighted by atomic mass is 16.7. The number of carbonyl (C=O) groups is 4. The number of Topliss-reactive ketones (excluding diaryl/α,β-unsaturated/α-hetero) is 1. The number of carbonyl (C=O) groups excluding carboxylic acids is 4. The van der Waals surface area contributed by atoms with Crippen LogP contribution in [0.3, 0.4) is 0 Å². The van der Waals surface area contributed by atoms with Crippen LogP contribution in [0.25, 0.3) is 5.52 Å². The normalized spacial score (nSPS) is 21.4. The fourth-order valence-electron chi connectivity index (χ4n) is 5.19. The van der Waals surface area contributed by atoms with E-state index < -0.39 is 60.0 Å². The number of ether oxygens (including phenoxy) is 4. The molecule has 1 saturated heterocycles. The number of nitrogens with one attached hydrogen (secondary N) is 1. The van der Waals surface area contributed by atoms with E-state index in [2.05, 4.69) is 15.4 Å². The number of fused-ring (bicyclic) bond motifs is 1. The number of nitrogens with zero attached hydrogens (tertiary/aromatic N) is 4. The van der Waals surface area contributed by atoms with Gasteiger partial charge >= 0.3 is 18.0 Å². The van der Waals surface area contributed by atoms with Crippen molar-refractivity contribution < 1.29 is 43.2 Å². The number of nitriles is 1. The smallest absolute Gasteiger partial charge is 0.415 e. The molecule has 1 aliphatic rings. The van der Waals surface area contributed by atoms with Gasteiger partial charge in [0, 0.05) is 12.3 Å². The monoisotopic (exact) mass is 664 g/mol. The number of ketones is 1. The maximum Gasteiger partial charge on any atom is 0.415 e. The Labute approximate surface area is 277 Å². The third-order valence-corrected chi connectivity index (χ3v) is 7.98. The van der Waals surface area contributed by atoms with E-state index in [1.807, 2.05) is 12.1 Å². The number of nitrogens with two attached hydrogens (primary N) is 1. The molecule has 1 amide bonds. The van der Waals surface area contributed by atoms with Gasteiger partial charge in [-0.3, -0.25) is 19.7 Å². The van der Waals surface area contributed by atoms with E-state index in [-0.39, 0.29) is 48.2 Å². The lowest BCUT2D eigenvalue weighted by Gasteiger charge is -2.25. The van der Waals surface area contributed by atoms with Crippen molar-refractivity contribution in [2.24, 2.45) is 23.0 Å². The first-order valence-electron chi connectivity index (χ1n) is 15.4. The number of esters is 2. The molecule has 0 radical (unpaired) electrons. The van der Waals surface area contributed by atoms with Crippen molar-refractivity contribution in [3.8, 4) is 6.07 Å². The number of benzene rings is 1. The van der Waals surface area contributed by atoms with Gasteiger partial charge in [-0.15, -0.1) is 0 Å². The number of hydrogen-bond donors (Lipinski definition) is 3. The Kier molecular flexibility index (Phi) is 11.1. The number of aliphatic hydroxyl groups excluding tert-OH is 1. The first-order chi connectivity index (χ1) is 22.7. The van der Waals surface area contributed by atoms with Gasteiger partial charge in [-0.1, -0.05) is 44.2 Å². The standard InChI is InChI=1S/C33H40N6O9/c1-19(2)27(35)23(40)14-21-24(15-45-26(41)13-20-9-7-6-8-10-20)48-33(16-34,28(21)42)25-12-11-22-29(36-17-37-39(22)25)38-31(44)47-18-46-30(43)32(3,4)5/h6-12,17,19,21,24,27-28,42H,13-15,18,35H2,1-5H3,(H,36,37,38,44)/t21-,24-,27+,28-,33+/m1/s1. The van der Waals surface area contributed by atoms with Crippen LogP contribution in [0, 0.1) is 28.6 Å². The van der Waals surface area contributed by atoms with Crippen LogP contribution in [0.4, 0.5) is 10.6 Å². The molecule has 0 saturated carbocycles. The molecule has 0 spiro atoms. The molecular formula is C33H40N6O9. The molecule has 4 rings (SSSR count). The molecule has 256 valence electrons. The number of hydrogen-bond acceptors (Lipinski definition) is 13. The molecule has 15 nitrogen and oxygen atoms in total. The Morgan fingerprint density at radius 1 is 1.12 bits per heavy atom. The highest BCUT2D eigenvalue weighted by Gasteiger charge is 2.58. The summed E-state index contributed by atoms with van der Waals surface area (Å²) in [6.45, 7) is 7.55. The maximum absolute atomic E-state index is 13.1. The number of rotatable bonds is 12. The number of amides is 1. The predicted molar refractivity (Wildman–Crippen MR) is 169 cm³/mol. The van der Waals surface area contributed by atoms with E-state index in [9.17, 15) is 29.5 Å². The quantitative estimate of drug-likeness (QED) is 0.188. The fourth-order valence-corrected chi connectivity index (χ4v) is 5.19. The second-order valence-electron chi connectivity index (χ2n) is 12.9. The lowest BCUT2D eigenvalue weighted by molar-refractivity contribution is -0.161. The highest BCUT2D eigenvalue weighted by molar-refractivity contribution is 5.89. The molecule has 0 bridgehead atoms. The minimum absolute atomic E-state index is 0.0151. The zero-order valence-corrected chi connectivity index (χ0v) is 27.4. The number of anilines is 1. The maximum atomic E-state index is 13.1. The molecule has 1 aliphatic heterocycles. The van der Waals surface area contributed by atoms with Crippen LogP contribution >= 0.6 is 0 Å². The largest absolute Gasteiger partial charge is 0.463 e. The van der Waals surface area contributed by atoms with Crippen molar-refractivity contribution in [2.75, 3.05) is 18.7 Å². The Morgan fingerprint density at radius 3 is 2.48 bits per heavy atom. The number of aliphatic hydroxyl groups is 1. The fraction of sp³-hybridized carbons (Fsp3) is 0.485. The van der Waals surface area contributed by atoms with Gasteiger partial charge in [0.1, 0.15) is 42.5 Å². The molecule has 15 heteroatoms. The van der Waals surface area contributed by atoms with E-state index >= 15 is 0 Å². The van der Waals surface area contributed by atoms with Crippen molar-refractivity contribution in [3.63, 3.8) is 0 Å². The summed E-state index contributed by atoms with van der Waals surface area (Å²) in [6.07, 6.45) is -2.80. The third kappa shape index (κ3) is 7.96. The van der Waals surface area contributed by atoms with Gasteiger partial charge in [0.05, 0.1) is 23.6 Å². The van der Waals surface area contributed by atoms with Crippen LogP contribution in [0.5, 0.6) is 0 Å². The summed E-state index contributed by atoms with van der Waals surface area (Å²) in [4.78, 5) is 54.3. The SMILES string of the molecule is CC(C)[C@H](N)C(=O)C[C@H]1[C@@H](O)[C@](C#N)(c2ccc3c(NC(=O)OCOC(=O)C(C)(C)C)ncnn23)O[C@@H]1COC(=O)Cc1ccccc1. The predicted octanol–water partition coefficient (Wildman–Crippen LogP) is 2.65. The molecular weight excluding hydrogens is 624 g/mol. The summed E-state index contributed by atoms with van der Waals surface area (Å²) in [7, 11) is 0. The highest BCUT2D eigenvalue weighted by Crippen LogP contribution is 2.45. The van der Waals surface area contributed by atoms with Crippen LogP contribution < -0.4 is 11.1 Å². The van der Waals surface area contributed by atoms with Gasteiger partial charge in [0.15, 0.2) is 5.82 Å². The molecule has 5 atom stereocenters. The molecule has 48 heavy (non-hydrogen) atoms. The summed E-state index contributed by atoms with van der Waals surface area (Å²) in [6, 6.07) is 13.1. The van der Waals surface area contributed by atoms with Crippen molar-refractivity contribution in [1.29, 1.82) is 5.26 Å². The average molecular weight is 665 g/mol. The molecule has 1 fully saturated rings. The second-order valence-corrected chi connectivity index (χ2v) is 12.9. The lowest BCUT2D eigenvalue weighted by Crippen LogP contribution is -2.42. The van der Waals surface area contributed by atoms with Gasteiger partial charge in [0.2, 0.25) is 12.4 Å². The number of aromatic nitrogens is 3. The minimum Gasteiger partial charge on any atom is -0.463 e. The molecule has 3 heterocycles. The molecule has 0 unspecified atom stereocenters. The molecule has 2 aromatic heterocycles. The minimum atomic E-state index is -2.08. The summed E-state index contributed by atoms with van der Waals surface area (Å²) in [5.74, 6) is -2.67. The van der Waals surface area contributed by atoms with Gasteiger partial charge in [-0.2, -0.15) is 10.4 Å². The third-order valence-electron chi connectivity index (χ3n) is 7.98. The van der Waals surface area contributed by atoms with Gasteiger partial charge in [0.25, 0.3) is 0 Å². The average Bonchev–Trinajstić information content (AvgIpc) is 3.59. The first kappa shape index (κ1) is 35.9. The van der Waals surface area contributed by atoms with Crippen molar-refractivity contribution >= 4 is 35.1 Å². The Bertz CT molecular complexity index is 1680. The van der Waals surface area contributed by atoms with Crippen LogP contribution in [0.2, 0.25) is 0 Å². The Balaban J connectivity index is 1.58. The second kappa shape index (κ2) is 14.9. The topological polar surface area (TPSA) is 217 Å². The summed E-state index contributed by atoms with van der Waals surface area (Å²) in [5, 5.41) is 28.9. The van der Waals surface area contributed by atoms with Crippen molar-refractivity contribution in [3.05, 3.63) is 60.0 Å². The van der Waals surface area contributed by atoms with E-state index in [0.29, 0.717) is 0 Å². The van der Waals surface area contributed by atoms with Gasteiger partial charge in [-0.05, 0) is 44.4 Å². The summed E-state index contributed by atoms with van der Waals surface area (Å²) in [5.41, 5.74) is 4.24. The van der Waals surface area contributed by atoms with Crippen molar-refractivity contribution in [1.82, 2.24) is 14.6 Å². The molecule has 0 aliphatic carbocycles. The lowest BCUT2D eigenvalue weighted by atomic mass is 9.82.